The van der Waals surface area contributed by atoms with E-state index in [1.165, 1.54) is 24.3 Å². The van der Waals surface area contributed by atoms with E-state index in [9.17, 15) is 4.79 Å². The van der Waals surface area contributed by atoms with Gasteiger partial charge in [-0.3, -0.25) is 0 Å². The van der Waals surface area contributed by atoms with Crippen LogP contribution in [0, 0.1) is 0 Å². The topological polar surface area (TPSA) is 57.5 Å². The van der Waals surface area contributed by atoms with Crippen molar-refractivity contribution in [3.63, 3.8) is 0 Å². The van der Waals surface area contributed by atoms with Gasteiger partial charge >= 0.3 is 109 Å². The number of phenols is 1. The monoisotopic (exact) mass is 218 g/mol. The van der Waals surface area contributed by atoms with Crippen molar-refractivity contribution in [2.45, 2.75) is 0 Å². The number of carboxylic acids is 1. The molecule has 0 unspecified atom stereocenters. The third kappa shape index (κ3) is 5.48. The average Bonchev–Trinajstić information content (AvgIpc) is 1.88. The molecule has 0 radical (unpaired) electrons. The zero-order valence-electron chi connectivity index (χ0n) is 9.11. The van der Waals surface area contributed by atoms with Crippen molar-refractivity contribution >= 4 is 5.97 Å². The van der Waals surface area contributed by atoms with Crippen LogP contribution < -0.4 is 103 Å². The van der Waals surface area contributed by atoms with Crippen LogP contribution in [0.5, 0.6) is 5.75 Å². The second-order valence-electron chi connectivity index (χ2n) is 1.85. The first-order valence-corrected chi connectivity index (χ1v) is 2.72. The number of rotatable bonds is 1. The first-order chi connectivity index (χ1) is 4.70. The Kier molecular flexibility index (Phi) is 10.9. The van der Waals surface area contributed by atoms with Crippen molar-refractivity contribution in [2.75, 3.05) is 0 Å². The van der Waals surface area contributed by atoms with E-state index in [1.807, 2.05) is 0 Å². The molecule has 12 heavy (non-hydrogen) atoms. The summed E-state index contributed by atoms with van der Waals surface area (Å²) in [7, 11) is 0. The minimum atomic E-state index is -0.986. The maximum atomic E-state index is 10.2. The van der Waals surface area contributed by atoms with Crippen molar-refractivity contribution in [2.24, 2.45) is 0 Å². The fraction of sp³-hybridized carbons (Fsp3) is 0. The Morgan fingerprint density at radius 1 is 1.17 bits per heavy atom. The molecule has 1 aromatic rings. The van der Waals surface area contributed by atoms with Crippen LogP contribution in [0.3, 0.4) is 0 Å². The van der Waals surface area contributed by atoms with Gasteiger partial charge < -0.3 is 13.1 Å². The summed E-state index contributed by atoms with van der Waals surface area (Å²) >= 11 is 0. The van der Waals surface area contributed by atoms with Gasteiger partial charge in [0.05, 0.1) is 5.56 Å². The molecular weight excluding hydrogens is 210 g/mol. The number of hydrogen-bond acceptors (Lipinski definition) is 2. The van der Waals surface area contributed by atoms with Gasteiger partial charge in [0.2, 0.25) is 0 Å². The van der Waals surface area contributed by atoms with Crippen molar-refractivity contribution < 1.29 is 121 Å². The van der Waals surface area contributed by atoms with Gasteiger partial charge in [-0.15, -0.1) is 0 Å². The molecule has 0 amide bonds. The molecule has 3 nitrogen and oxygen atoms in total. The van der Waals surface area contributed by atoms with Crippen LogP contribution >= 0.6 is 0 Å². The Bertz CT molecular complexity index is 254. The van der Waals surface area contributed by atoms with E-state index < -0.39 is 5.97 Å². The molecule has 0 atom stereocenters. The Balaban J connectivity index is -0.000000125. The molecule has 0 bridgehead atoms. The number of aromatic carboxylic acids is 1. The fourth-order valence-corrected chi connectivity index (χ4v) is 0.604. The van der Waals surface area contributed by atoms with Crippen LogP contribution in [0.4, 0.5) is 0 Å². The molecular formula is C7H8K2O3. The molecule has 1 rings (SSSR count). The quantitative estimate of drug-likeness (QED) is 0.466. The molecule has 2 N–H and O–H groups in total. The first kappa shape index (κ1) is 16.2. The van der Waals surface area contributed by atoms with Crippen LogP contribution in [-0.4, -0.2) is 16.2 Å². The van der Waals surface area contributed by atoms with E-state index in [4.69, 9.17) is 10.2 Å². The smallest absolute Gasteiger partial charge is 1.00 e. The molecule has 0 heterocycles. The van der Waals surface area contributed by atoms with E-state index in [0.717, 1.165) is 0 Å². The van der Waals surface area contributed by atoms with Crippen molar-refractivity contribution in [3.8, 4) is 5.75 Å². The van der Waals surface area contributed by atoms with Gasteiger partial charge in [-0.05, 0) is 24.3 Å². The minimum Gasteiger partial charge on any atom is -1.00 e. The van der Waals surface area contributed by atoms with Gasteiger partial charge in [-0.25, -0.2) is 4.79 Å². The van der Waals surface area contributed by atoms with Crippen molar-refractivity contribution in [1.82, 2.24) is 0 Å². The van der Waals surface area contributed by atoms with E-state index in [0.29, 0.717) is 0 Å². The number of carbonyl (C=O) groups is 1. The molecule has 0 spiro atoms. The molecule has 0 saturated heterocycles. The van der Waals surface area contributed by atoms with Crippen LogP contribution in [-0.2, 0) is 0 Å². The number of aromatic hydroxyl groups is 1. The third-order valence-electron chi connectivity index (χ3n) is 1.11. The molecule has 56 valence electrons. The second-order valence-corrected chi connectivity index (χ2v) is 1.85. The zero-order valence-corrected chi connectivity index (χ0v) is 13.4. The number of phenolic OH excluding ortho intramolecular Hbond substituents is 1. The van der Waals surface area contributed by atoms with E-state index in [1.54, 1.807) is 0 Å². The summed E-state index contributed by atoms with van der Waals surface area (Å²) in [4.78, 5) is 10.2. The van der Waals surface area contributed by atoms with Crippen molar-refractivity contribution in [3.05, 3.63) is 29.8 Å². The van der Waals surface area contributed by atoms with Gasteiger partial charge in [0.25, 0.3) is 0 Å². The second kappa shape index (κ2) is 8.10. The van der Waals surface area contributed by atoms with Crippen LogP contribution in [0.15, 0.2) is 24.3 Å². The predicted molar refractivity (Wildman–Crippen MR) is 37.3 cm³/mol. The molecule has 0 fully saturated rings. The first-order valence-electron chi connectivity index (χ1n) is 2.72. The Hall–Kier alpha value is 1.76. The maximum absolute atomic E-state index is 10.2. The molecule has 0 saturated carbocycles. The zero-order chi connectivity index (χ0) is 7.56. The van der Waals surface area contributed by atoms with Gasteiger partial charge in [0, 0.05) is 0 Å². The van der Waals surface area contributed by atoms with Gasteiger partial charge in [0.15, 0.2) is 0 Å². The normalized spacial score (nSPS) is 7.67. The fourth-order valence-electron chi connectivity index (χ4n) is 0.604. The summed E-state index contributed by atoms with van der Waals surface area (Å²) in [6.45, 7) is 0. The Labute approximate surface area is 158 Å². The number of hydrogen-bond donors (Lipinski definition) is 2. The standard InChI is InChI=1S/C7H6O3.2K.2H/c8-6-3-1-5(2-4-6)7(9)10;;;;/h1-4,8H,(H,9,10);;;;/q;2*+1;2*-1. The molecule has 0 aliphatic heterocycles. The Morgan fingerprint density at radius 3 is 1.92 bits per heavy atom. The van der Waals surface area contributed by atoms with Crippen LogP contribution in [0.1, 0.15) is 13.2 Å². The average molecular weight is 218 g/mol. The summed E-state index contributed by atoms with van der Waals surface area (Å²) in [5.74, 6) is -0.912. The maximum Gasteiger partial charge on any atom is 1.00 e. The molecule has 0 aliphatic rings. The van der Waals surface area contributed by atoms with Gasteiger partial charge in [0.1, 0.15) is 5.75 Å². The largest absolute Gasteiger partial charge is 1.00 e. The number of carboxylic acid groups (broad SMARTS) is 1. The summed E-state index contributed by atoms with van der Waals surface area (Å²) in [6, 6.07) is 5.36. The van der Waals surface area contributed by atoms with Crippen molar-refractivity contribution in [1.29, 1.82) is 0 Å². The molecule has 0 aliphatic carbocycles. The summed E-state index contributed by atoms with van der Waals surface area (Å²) in [5, 5.41) is 17.1. The minimum absolute atomic E-state index is 0. The van der Waals surface area contributed by atoms with Crippen LogP contribution in [0.25, 0.3) is 0 Å². The third-order valence-corrected chi connectivity index (χ3v) is 1.11. The Morgan fingerprint density at radius 2 is 1.58 bits per heavy atom. The van der Waals surface area contributed by atoms with E-state index in [2.05, 4.69) is 0 Å². The molecule has 0 aromatic heterocycles. The summed E-state index contributed by atoms with van der Waals surface area (Å²) in [5.41, 5.74) is 0.179. The van der Waals surface area contributed by atoms with E-state index >= 15 is 0 Å². The number of benzene rings is 1. The predicted octanol–water partition coefficient (Wildman–Crippen LogP) is -4.68. The molecule has 1 aromatic carbocycles. The summed E-state index contributed by atoms with van der Waals surface area (Å²) < 4.78 is 0. The van der Waals surface area contributed by atoms with E-state index in [-0.39, 0.29) is 117 Å². The summed E-state index contributed by atoms with van der Waals surface area (Å²) in [6.07, 6.45) is 0. The molecule has 5 heteroatoms. The van der Waals surface area contributed by atoms with Gasteiger partial charge in [-0.1, -0.05) is 0 Å². The SMILES string of the molecule is O=C(O)c1ccc(O)cc1.[H-].[H-].[K+].[K+]. The van der Waals surface area contributed by atoms with Gasteiger partial charge in [-0.2, -0.15) is 0 Å². The van der Waals surface area contributed by atoms with Crippen LogP contribution in [0.2, 0.25) is 0 Å².